The molecule has 0 bridgehead atoms. The number of carbonyl (C=O) groups is 3. The van der Waals surface area contributed by atoms with Crippen molar-refractivity contribution in [3.63, 3.8) is 0 Å². The number of rotatable bonds is 4. The third-order valence-electron chi connectivity index (χ3n) is 1.94. The van der Waals surface area contributed by atoms with Gasteiger partial charge in [0.05, 0.1) is 6.54 Å². The summed E-state index contributed by atoms with van der Waals surface area (Å²) in [5.74, 6) is -1.45. The summed E-state index contributed by atoms with van der Waals surface area (Å²) in [4.78, 5) is 36.4. The van der Waals surface area contributed by atoms with E-state index in [4.69, 9.17) is 5.11 Å². The van der Waals surface area contributed by atoms with Crippen molar-refractivity contribution in [2.45, 2.75) is 6.54 Å². The van der Waals surface area contributed by atoms with E-state index < -0.39 is 17.9 Å². The minimum absolute atomic E-state index is 0.158. The van der Waals surface area contributed by atoms with Gasteiger partial charge in [-0.3, -0.25) is 10.1 Å². The molecule has 0 radical (unpaired) electrons. The summed E-state index contributed by atoms with van der Waals surface area (Å²) in [6.07, 6.45) is 4.69. The van der Waals surface area contributed by atoms with Crippen LogP contribution in [0.4, 0.5) is 4.79 Å². The number of carboxylic acid groups (broad SMARTS) is 1. The van der Waals surface area contributed by atoms with Gasteiger partial charge in [0.25, 0.3) is 5.91 Å². The maximum absolute atomic E-state index is 11.2. The number of carboxylic acids is 1. The highest BCUT2D eigenvalue weighted by Gasteiger charge is 2.06. The summed E-state index contributed by atoms with van der Waals surface area (Å²) in [6, 6.07) is -0.724. The Labute approximate surface area is 102 Å². The van der Waals surface area contributed by atoms with Gasteiger partial charge >= 0.3 is 12.0 Å². The van der Waals surface area contributed by atoms with Crippen LogP contribution in [0.1, 0.15) is 5.82 Å². The minimum atomic E-state index is -1.27. The smallest absolute Gasteiger partial charge is 0.328 e. The largest absolute Gasteiger partial charge is 0.478 e. The minimum Gasteiger partial charge on any atom is -0.478 e. The molecule has 0 saturated carbocycles. The maximum atomic E-state index is 11.2. The highest BCUT2D eigenvalue weighted by molar-refractivity contribution is 6.02. The number of imide groups is 1. The lowest BCUT2D eigenvalue weighted by molar-refractivity contribution is -0.131. The third-order valence-corrected chi connectivity index (χ3v) is 1.94. The van der Waals surface area contributed by atoms with E-state index >= 15 is 0 Å². The molecule has 0 saturated heterocycles. The average molecular weight is 252 g/mol. The van der Waals surface area contributed by atoms with Crippen LogP contribution in [0.3, 0.4) is 0 Å². The second-order valence-electron chi connectivity index (χ2n) is 3.30. The molecular formula is C10H12N4O4. The molecular weight excluding hydrogens is 240 g/mol. The fourth-order valence-electron chi connectivity index (χ4n) is 1.07. The van der Waals surface area contributed by atoms with Gasteiger partial charge in [-0.05, 0) is 0 Å². The highest BCUT2D eigenvalue weighted by atomic mass is 16.4. The van der Waals surface area contributed by atoms with Crippen LogP contribution in [-0.2, 0) is 23.2 Å². The quantitative estimate of drug-likeness (QED) is 0.618. The number of imidazole rings is 1. The van der Waals surface area contributed by atoms with Gasteiger partial charge in [-0.25, -0.2) is 14.6 Å². The van der Waals surface area contributed by atoms with Crippen molar-refractivity contribution in [1.82, 2.24) is 20.2 Å². The zero-order valence-corrected chi connectivity index (χ0v) is 9.58. The Bertz CT molecular complexity index is 492. The number of amides is 3. The standard InChI is InChI=1S/C10H12N4O4/c1-14-5-4-11-7(14)6-12-10(18)13-8(15)2-3-9(16)17/h2-5H,6H2,1H3,(H,16,17)(H2,12,13,15,18). The monoisotopic (exact) mass is 252 g/mol. The molecule has 3 amide bonds. The molecule has 0 aliphatic carbocycles. The molecule has 8 nitrogen and oxygen atoms in total. The molecule has 18 heavy (non-hydrogen) atoms. The van der Waals surface area contributed by atoms with Crippen LogP contribution in [0.5, 0.6) is 0 Å². The zero-order chi connectivity index (χ0) is 13.5. The summed E-state index contributed by atoms with van der Waals surface area (Å²) in [5.41, 5.74) is 0. The van der Waals surface area contributed by atoms with Crippen molar-refractivity contribution in [3.8, 4) is 0 Å². The SMILES string of the molecule is Cn1ccnc1CNC(=O)NC(=O)C=CC(=O)O. The first-order chi connectivity index (χ1) is 8.49. The van der Waals surface area contributed by atoms with Crippen LogP contribution in [0.2, 0.25) is 0 Å². The number of hydrogen-bond donors (Lipinski definition) is 3. The van der Waals surface area contributed by atoms with Gasteiger partial charge in [-0.1, -0.05) is 0 Å². The number of aryl methyl sites for hydroxylation is 1. The molecule has 1 aromatic rings. The second kappa shape index (κ2) is 6.18. The first kappa shape index (κ1) is 13.4. The molecule has 1 rings (SSSR count). The number of nitrogens with zero attached hydrogens (tertiary/aromatic N) is 2. The van der Waals surface area contributed by atoms with E-state index in [9.17, 15) is 14.4 Å². The van der Waals surface area contributed by atoms with Crippen molar-refractivity contribution in [2.24, 2.45) is 7.05 Å². The van der Waals surface area contributed by atoms with E-state index in [0.29, 0.717) is 11.9 Å². The van der Waals surface area contributed by atoms with Crippen molar-refractivity contribution in [1.29, 1.82) is 0 Å². The highest BCUT2D eigenvalue weighted by Crippen LogP contribution is 1.92. The molecule has 0 unspecified atom stereocenters. The van der Waals surface area contributed by atoms with E-state index in [2.05, 4.69) is 10.3 Å². The Hall–Kier alpha value is -2.64. The van der Waals surface area contributed by atoms with Crippen molar-refractivity contribution in [3.05, 3.63) is 30.4 Å². The number of aromatic nitrogens is 2. The average Bonchev–Trinajstić information content (AvgIpc) is 2.69. The van der Waals surface area contributed by atoms with E-state index in [1.807, 2.05) is 5.32 Å². The lowest BCUT2D eigenvalue weighted by Gasteiger charge is -2.04. The molecule has 0 aromatic carbocycles. The van der Waals surface area contributed by atoms with E-state index in [0.717, 1.165) is 6.08 Å². The molecule has 8 heteroatoms. The van der Waals surface area contributed by atoms with Crippen LogP contribution >= 0.6 is 0 Å². The molecule has 3 N–H and O–H groups in total. The van der Waals surface area contributed by atoms with Gasteiger partial charge in [-0.2, -0.15) is 0 Å². The van der Waals surface area contributed by atoms with E-state index in [-0.39, 0.29) is 6.54 Å². The number of urea groups is 1. The van der Waals surface area contributed by atoms with Crippen LogP contribution in [0, 0.1) is 0 Å². The number of aliphatic carboxylic acids is 1. The van der Waals surface area contributed by atoms with Crippen LogP contribution in [0.25, 0.3) is 0 Å². The number of hydrogen-bond acceptors (Lipinski definition) is 4. The summed E-state index contributed by atoms with van der Waals surface area (Å²) in [7, 11) is 1.77. The number of carbonyl (C=O) groups excluding carboxylic acids is 2. The zero-order valence-electron chi connectivity index (χ0n) is 9.58. The fourth-order valence-corrected chi connectivity index (χ4v) is 1.07. The Balaban J connectivity index is 2.36. The fraction of sp³-hybridized carbons (Fsp3) is 0.200. The Morgan fingerprint density at radius 3 is 2.72 bits per heavy atom. The van der Waals surface area contributed by atoms with Gasteiger partial charge in [0.1, 0.15) is 5.82 Å². The lowest BCUT2D eigenvalue weighted by Crippen LogP contribution is -2.38. The van der Waals surface area contributed by atoms with Crippen molar-refractivity contribution >= 4 is 17.9 Å². The molecule has 0 spiro atoms. The lowest BCUT2D eigenvalue weighted by atomic mass is 10.4. The Morgan fingerprint density at radius 2 is 2.17 bits per heavy atom. The Kier molecular flexibility index (Phi) is 4.61. The first-order valence-corrected chi connectivity index (χ1v) is 4.95. The summed E-state index contributed by atoms with van der Waals surface area (Å²) >= 11 is 0. The van der Waals surface area contributed by atoms with Gasteiger partial charge in [0.2, 0.25) is 0 Å². The normalized spacial score (nSPS) is 10.3. The van der Waals surface area contributed by atoms with Gasteiger partial charge < -0.3 is 15.0 Å². The van der Waals surface area contributed by atoms with Gasteiger partial charge in [0.15, 0.2) is 0 Å². The molecule has 0 fully saturated rings. The van der Waals surface area contributed by atoms with Crippen molar-refractivity contribution in [2.75, 3.05) is 0 Å². The molecule has 0 atom stereocenters. The molecule has 96 valence electrons. The maximum Gasteiger partial charge on any atom is 0.328 e. The van der Waals surface area contributed by atoms with Crippen LogP contribution in [0.15, 0.2) is 24.5 Å². The number of nitrogens with one attached hydrogen (secondary N) is 2. The molecule has 0 aliphatic rings. The first-order valence-electron chi connectivity index (χ1n) is 4.95. The summed E-state index contributed by atoms with van der Waals surface area (Å²) < 4.78 is 1.71. The van der Waals surface area contributed by atoms with Crippen molar-refractivity contribution < 1.29 is 19.5 Å². The molecule has 1 aromatic heterocycles. The van der Waals surface area contributed by atoms with Gasteiger partial charge in [0, 0.05) is 31.6 Å². The summed E-state index contributed by atoms with van der Waals surface area (Å²) in [6.45, 7) is 0.158. The predicted octanol–water partition coefficient (Wildman–Crippen LogP) is -0.613. The Morgan fingerprint density at radius 1 is 1.44 bits per heavy atom. The second-order valence-corrected chi connectivity index (χ2v) is 3.30. The van der Waals surface area contributed by atoms with Crippen LogP contribution in [-0.4, -0.2) is 32.6 Å². The topological polar surface area (TPSA) is 113 Å². The molecule has 0 aliphatic heterocycles. The van der Waals surface area contributed by atoms with E-state index in [1.165, 1.54) is 0 Å². The van der Waals surface area contributed by atoms with E-state index in [1.54, 1.807) is 24.0 Å². The van der Waals surface area contributed by atoms with Crippen LogP contribution < -0.4 is 10.6 Å². The molecule has 1 heterocycles. The summed E-state index contributed by atoms with van der Waals surface area (Å²) in [5, 5.41) is 12.6. The third kappa shape index (κ3) is 4.47. The predicted molar refractivity (Wildman–Crippen MR) is 60.4 cm³/mol. The van der Waals surface area contributed by atoms with Gasteiger partial charge in [-0.15, -0.1) is 0 Å².